The number of amides is 1. The number of hydrogen-bond acceptors (Lipinski definition) is 6. The summed E-state index contributed by atoms with van der Waals surface area (Å²) in [6, 6.07) is 7.44. The molecule has 31 heavy (non-hydrogen) atoms. The number of rotatable bonds is 4. The van der Waals surface area contributed by atoms with E-state index in [-0.39, 0.29) is 31.6 Å². The Morgan fingerprint density at radius 1 is 1.32 bits per heavy atom. The van der Waals surface area contributed by atoms with Gasteiger partial charge in [-0.15, -0.1) is 10.2 Å². The molecule has 0 spiro atoms. The van der Waals surface area contributed by atoms with Crippen molar-refractivity contribution in [2.75, 3.05) is 25.0 Å². The van der Waals surface area contributed by atoms with Crippen molar-refractivity contribution in [2.45, 2.75) is 25.8 Å². The van der Waals surface area contributed by atoms with E-state index >= 15 is 0 Å². The lowest BCUT2D eigenvalue weighted by Gasteiger charge is -2.35. The van der Waals surface area contributed by atoms with E-state index < -0.39 is 0 Å². The Hall–Kier alpha value is -2.52. The van der Waals surface area contributed by atoms with E-state index in [1.54, 1.807) is 13.0 Å². The third-order valence-corrected chi connectivity index (χ3v) is 5.98. The van der Waals surface area contributed by atoms with Crippen LogP contribution >= 0.6 is 23.2 Å². The average Bonchev–Trinajstić information content (AvgIpc) is 3.09. The zero-order chi connectivity index (χ0) is 22.5. The minimum Gasteiger partial charge on any atom is -0.483 e. The molecule has 0 radical (unpaired) electrons. The molecule has 1 unspecified atom stereocenters. The van der Waals surface area contributed by atoms with Crippen molar-refractivity contribution in [1.82, 2.24) is 15.1 Å². The van der Waals surface area contributed by atoms with Gasteiger partial charge in [0.15, 0.2) is 11.0 Å². The molecule has 2 aliphatic rings. The van der Waals surface area contributed by atoms with Gasteiger partial charge in [0, 0.05) is 11.6 Å². The fourth-order valence-corrected chi connectivity index (χ4v) is 4.29. The molecule has 1 atom stereocenters. The standard InChI is InChI=1S/C20H20Cl2N4O2.CH2O2/c1-11-6-18(24-25-20(11)22)23-19(28)9-26-5-4-14-15-8-13(21)3-2-12(15)7-16(14)17(26)10-27;2-1-3/h2-3,6,8,17,27H,4-5,7,9-10H2,1H3,(H,23,24,28);1H,(H,2,3). The van der Waals surface area contributed by atoms with Crippen molar-refractivity contribution in [3.8, 4) is 0 Å². The van der Waals surface area contributed by atoms with Gasteiger partial charge in [-0.25, -0.2) is 0 Å². The summed E-state index contributed by atoms with van der Waals surface area (Å²) in [5, 5.41) is 28.4. The zero-order valence-corrected chi connectivity index (χ0v) is 18.3. The SMILES string of the molecule is Cc1cc(NC(=O)CN2CCC3=C(Cc4ccc(Cl)cc43)C2CO)nnc1Cl.O=CO. The van der Waals surface area contributed by atoms with Crippen LogP contribution in [-0.2, 0) is 16.0 Å². The maximum absolute atomic E-state index is 12.5. The summed E-state index contributed by atoms with van der Waals surface area (Å²) in [4.78, 5) is 22.9. The number of aryl methyl sites for hydroxylation is 1. The van der Waals surface area contributed by atoms with Crippen molar-refractivity contribution in [1.29, 1.82) is 0 Å². The third kappa shape index (κ3) is 5.22. The molecule has 2 aromatic rings. The van der Waals surface area contributed by atoms with E-state index in [1.807, 2.05) is 23.1 Å². The van der Waals surface area contributed by atoms with E-state index in [4.69, 9.17) is 33.1 Å². The van der Waals surface area contributed by atoms with Crippen LogP contribution in [0.5, 0.6) is 0 Å². The first-order valence-corrected chi connectivity index (χ1v) is 10.4. The largest absolute Gasteiger partial charge is 0.483 e. The fourth-order valence-electron chi connectivity index (χ4n) is 4.03. The number of fused-ring (bicyclic) bond motifs is 2. The van der Waals surface area contributed by atoms with Crippen LogP contribution in [0, 0.1) is 6.92 Å². The predicted octanol–water partition coefficient (Wildman–Crippen LogP) is 2.81. The van der Waals surface area contributed by atoms with Gasteiger partial charge >= 0.3 is 0 Å². The first kappa shape index (κ1) is 23.1. The molecule has 1 aromatic heterocycles. The molecular weight excluding hydrogens is 443 g/mol. The average molecular weight is 465 g/mol. The summed E-state index contributed by atoms with van der Waals surface area (Å²) in [5.74, 6) is 0.171. The Labute approximate surface area is 189 Å². The van der Waals surface area contributed by atoms with Crippen molar-refractivity contribution >= 4 is 47.0 Å². The highest BCUT2D eigenvalue weighted by Gasteiger charge is 2.35. The molecule has 10 heteroatoms. The number of carbonyl (C=O) groups is 2. The summed E-state index contributed by atoms with van der Waals surface area (Å²) < 4.78 is 0. The summed E-state index contributed by atoms with van der Waals surface area (Å²) in [7, 11) is 0. The minimum atomic E-state index is -0.250. The first-order chi connectivity index (χ1) is 14.9. The maximum Gasteiger partial charge on any atom is 0.290 e. The van der Waals surface area contributed by atoms with Crippen LogP contribution in [0.3, 0.4) is 0 Å². The van der Waals surface area contributed by atoms with E-state index in [0.717, 1.165) is 18.4 Å². The molecule has 1 amide bonds. The first-order valence-electron chi connectivity index (χ1n) is 9.61. The Kier molecular flexibility index (Phi) is 7.61. The highest BCUT2D eigenvalue weighted by molar-refractivity contribution is 6.30. The van der Waals surface area contributed by atoms with Gasteiger partial charge in [0.2, 0.25) is 5.91 Å². The molecule has 1 aliphatic heterocycles. The van der Waals surface area contributed by atoms with Crippen molar-refractivity contribution < 1.29 is 19.8 Å². The van der Waals surface area contributed by atoms with Gasteiger partial charge in [0.1, 0.15) is 0 Å². The lowest BCUT2D eigenvalue weighted by molar-refractivity contribution is -0.123. The van der Waals surface area contributed by atoms with Crippen LogP contribution in [-0.4, -0.2) is 63.4 Å². The number of anilines is 1. The predicted molar refractivity (Wildman–Crippen MR) is 118 cm³/mol. The summed E-state index contributed by atoms with van der Waals surface area (Å²) in [5.41, 5.74) is 5.59. The highest BCUT2D eigenvalue weighted by atomic mass is 35.5. The monoisotopic (exact) mass is 464 g/mol. The molecule has 2 heterocycles. The van der Waals surface area contributed by atoms with Gasteiger partial charge in [-0.3, -0.25) is 14.5 Å². The Bertz CT molecular complexity index is 1030. The molecule has 8 nitrogen and oxygen atoms in total. The summed E-state index contributed by atoms with van der Waals surface area (Å²) >= 11 is 12.0. The van der Waals surface area contributed by atoms with Gasteiger partial charge in [-0.2, -0.15) is 0 Å². The van der Waals surface area contributed by atoms with E-state index in [0.29, 0.717) is 22.5 Å². The van der Waals surface area contributed by atoms with Gasteiger partial charge in [-0.05, 0) is 65.8 Å². The van der Waals surface area contributed by atoms with Gasteiger partial charge in [0.05, 0.1) is 19.2 Å². The molecule has 4 rings (SSSR count). The molecule has 0 fully saturated rings. The number of aromatic nitrogens is 2. The number of aliphatic hydroxyl groups excluding tert-OH is 1. The van der Waals surface area contributed by atoms with Crippen molar-refractivity contribution in [2.24, 2.45) is 0 Å². The summed E-state index contributed by atoms with van der Waals surface area (Å²) in [6.07, 6.45) is 1.61. The van der Waals surface area contributed by atoms with Crippen molar-refractivity contribution in [3.05, 3.63) is 56.7 Å². The second-order valence-corrected chi connectivity index (χ2v) is 8.05. The normalized spacial score (nSPS) is 17.4. The van der Waals surface area contributed by atoms with Crippen LogP contribution in [0.1, 0.15) is 23.1 Å². The van der Waals surface area contributed by atoms with Crippen LogP contribution < -0.4 is 5.32 Å². The Balaban J connectivity index is 0.000000858. The second-order valence-electron chi connectivity index (χ2n) is 7.26. The van der Waals surface area contributed by atoms with E-state index in [9.17, 15) is 9.90 Å². The van der Waals surface area contributed by atoms with Crippen LogP contribution in [0.15, 0.2) is 29.8 Å². The number of carboxylic acid groups (broad SMARTS) is 1. The topological polar surface area (TPSA) is 116 Å². The Morgan fingerprint density at radius 3 is 2.74 bits per heavy atom. The number of halogens is 2. The van der Waals surface area contributed by atoms with Gasteiger partial charge in [0.25, 0.3) is 6.47 Å². The molecule has 1 aromatic carbocycles. The van der Waals surface area contributed by atoms with Crippen LogP contribution in [0.25, 0.3) is 5.57 Å². The molecule has 0 saturated heterocycles. The number of benzene rings is 1. The maximum atomic E-state index is 12.5. The highest BCUT2D eigenvalue weighted by Crippen LogP contribution is 2.41. The van der Waals surface area contributed by atoms with Crippen LogP contribution in [0.4, 0.5) is 5.82 Å². The lowest BCUT2D eigenvalue weighted by Crippen LogP contribution is -2.46. The molecule has 1 aliphatic carbocycles. The lowest BCUT2D eigenvalue weighted by atomic mass is 9.93. The van der Waals surface area contributed by atoms with Crippen LogP contribution in [0.2, 0.25) is 10.2 Å². The molecule has 0 bridgehead atoms. The number of nitrogens with one attached hydrogen (secondary N) is 1. The molecule has 0 saturated carbocycles. The molecule has 3 N–H and O–H groups in total. The Morgan fingerprint density at radius 2 is 2.06 bits per heavy atom. The second kappa shape index (κ2) is 10.2. The van der Waals surface area contributed by atoms with Gasteiger partial charge in [-0.1, -0.05) is 29.3 Å². The van der Waals surface area contributed by atoms with Crippen molar-refractivity contribution in [3.63, 3.8) is 0 Å². The number of nitrogens with zero attached hydrogens (tertiary/aromatic N) is 3. The van der Waals surface area contributed by atoms with Gasteiger partial charge < -0.3 is 15.5 Å². The molecular formula is C21H22Cl2N4O4. The number of hydrogen-bond donors (Lipinski definition) is 3. The minimum absolute atomic E-state index is 0.0340. The zero-order valence-electron chi connectivity index (χ0n) is 16.8. The fraction of sp³-hybridized carbons (Fsp3) is 0.333. The number of carbonyl (C=O) groups excluding carboxylic acids is 1. The summed E-state index contributed by atoms with van der Waals surface area (Å²) in [6.45, 7) is 2.38. The number of aliphatic hydroxyl groups is 1. The van der Waals surface area contributed by atoms with E-state index in [2.05, 4.69) is 15.5 Å². The quantitative estimate of drug-likeness (QED) is 0.595. The molecule has 164 valence electrons. The third-order valence-electron chi connectivity index (χ3n) is 5.37. The smallest absolute Gasteiger partial charge is 0.290 e. The van der Waals surface area contributed by atoms with E-state index in [1.165, 1.54) is 22.3 Å².